The van der Waals surface area contributed by atoms with Crippen LogP contribution in [0, 0.1) is 0 Å². The molecular formula is C17H25N3. The van der Waals surface area contributed by atoms with Crippen LogP contribution < -0.4 is 5.32 Å². The lowest BCUT2D eigenvalue weighted by Gasteiger charge is -2.08. The fourth-order valence-electron chi connectivity index (χ4n) is 2.43. The largest absolute Gasteiger partial charge is 0.369 e. The molecule has 2 rings (SSSR count). The van der Waals surface area contributed by atoms with Gasteiger partial charge in [0.25, 0.3) is 0 Å². The molecule has 0 aliphatic rings. The number of anilines is 1. The van der Waals surface area contributed by atoms with Crippen LogP contribution >= 0.6 is 0 Å². The lowest BCUT2D eigenvalue weighted by molar-refractivity contribution is 0.596. The highest BCUT2D eigenvalue weighted by Crippen LogP contribution is 2.18. The van der Waals surface area contributed by atoms with Gasteiger partial charge < -0.3 is 5.32 Å². The third kappa shape index (κ3) is 4.48. The Morgan fingerprint density at radius 1 is 0.900 bits per heavy atom. The van der Waals surface area contributed by atoms with Crippen molar-refractivity contribution in [1.82, 2.24) is 9.97 Å². The molecule has 0 saturated carbocycles. The minimum atomic E-state index is 0.960. The van der Waals surface area contributed by atoms with E-state index in [-0.39, 0.29) is 0 Å². The van der Waals surface area contributed by atoms with Crippen molar-refractivity contribution < 1.29 is 0 Å². The van der Waals surface area contributed by atoms with Gasteiger partial charge in [0.2, 0.25) is 0 Å². The van der Waals surface area contributed by atoms with Crippen LogP contribution in [0.5, 0.6) is 0 Å². The molecule has 0 saturated heterocycles. The molecule has 108 valence electrons. The van der Waals surface area contributed by atoms with Gasteiger partial charge in [-0.3, -0.25) is 0 Å². The zero-order chi connectivity index (χ0) is 14.0. The lowest BCUT2D eigenvalue weighted by atomic mass is 10.1. The summed E-state index contributed by atoms with van der Waals surface area (Å²) in [4.78, 5) is 8.62. The van der Waals surface area contributed by atoms with Gasteiger partial charge in [0.05, 0.1) is 5.52 Å². The molecule has 1 aromatic heterocycles. The molecule has 2 aromatic rings. The van der Waals surface area contributed by atoms with Gasteiger partial charge in [0.1, 0.15) is 12.1 Å². The molecule has 0 spiro atoms. The quantitative estimate of drug-likeness (QED) is 0.666. The summed E-state index contributed by atoms with van der Waals surface area (Å²) in [5.41, 5.74) is 1.00. The lowest BCUT2D eigenvalue weighted by Crippen LogP contribution is -2.04. The maximum absolute atomic E-state index is 4.34. The summed E-state index contributed by atoms with van der Waals surface area (Å²) in [5, 5.41) is 4.55. The molecule has 1 heterocycles. The van der Waals surface area contributed by atoms with Crippen LogP contribution in [-0.2, 0) is 0 Å². The SMILES string of the molecule is CCCCCCCCCNc1ncnc2ccccc12. The van der Waals surface area contributed by atoms with Gasteiger partial charge >= 0.3 is 0 Å². The molecule has 1 aromatic carbocycles. The van der Waals surface area contributed by atoms with E-state index < -0.39 is 0 Å². The number of fused-ring (bicyclic) bond motifs is 1. The van der Waals surface area contributed by atoms with Crippen molar-refractivity contribution in [2.24, 2.45) is 0 Å². The van der Waals surface area contributed by atoms with E-state index in [9.17, 15) is 0 Å². The highest BCUT2D eigenvalue weighted by atomic mass is 15.0. The van der Waals surface area contributed by atoms with Crippen molar-refractivity contribution in [3.63, 3.8) is 0 Å². The molecule has 0 aliphatic carbocycles. The number of hydrogen-bond acceptors (Lipinski definition) is 3. The van der Waals surface area contributed by atoms with Crippen molar-refractivity contribution in [1.29, 1.82) is 0 Å². The summed E-state index contributed by atoms with van der Waals surface area (Å²) >= 11 is 0. The van der Waals surface area contributed by atoms with Crippen molar-refractivity contribution in [3.8, 4) is 0 Å². The Morgan fingerprint density at radius 3 is 2.50 bits per heavy atom. The molecule has 0 fully saturated rings. The van der Waals surface area contributed by atoms with Crippen LogP contribution in [-0.4, -0.2) is 16.5 Å². The van der Waals surface area contributed by atoms with Crippen molar-refractivity contribution in [3.05, 3.63) is 30.6 Å². The molecule has 0 radical (unpaired) electrons. The summed E-state index contributed by atoms with van der Waals surface area (Å²) in [6.45, 7) is 3.25. The fraction of sp³-hybridized carbons (Fsp3) is 0.529. The standard InChI is InChI=1S/C17H25N3/c1-2-3-4-5-6-7-10-13-18-17-15-11-8-9-12-16(15)19-14-20-17/h8-9,11-12,14H,2-7,10,13H2,1H3,(H,18,19,20). The predicted octanol–water partition coefficient (Wildman–Crippen LogP) is 4.79. The maximum Gasteiger partial charge on any atom is 0.137 e. The molecule has 0 amide bonds. The molecular weight excluding hydrogens is 246 g/mol. The number of nitrogens with zero attached hydrogens (tertiary/aromatic N) is 2. The number of rotatable bonds is 9. The first-order chi connectivity index (χ1) is 9.92. The zero-order valence-electron chi connectivity index (χ0n) is 12.4. The summed E-state index contributed by atoms with van der Waals surface area (Å²) in [6.07, 6.45) is 11.0. The Hall–Kier alpha value is -1.64. The van der Waals surface area contributed by atoms with E-state index in [2.05, 4.69) is 28.3 Å². The van der Waals surface area contributed by atoms with Gasteiger partial charge in [-0.05, 0) is 18.6 Å². The molecule has 3 nitrogen and oxygen atoms in total. The van der Waals surface area contributed by atoms with Crippen LogP contribution in [0.4, 0.5) is 5.82 Å². The van der Waals surface area contributed by atoms with Gasteiger partial charge in [0, 0.05) is 11.9 Å². The fourth-order valence-corrected chi connectivity index (χ4v) is 2.43. The highest BCUT2D eigenvalue weighted by Gasteiger charge is 2.01. The van der Waals surface area contributed by atoms with E-state index in [0.29, 0.717) is 0 Å². The molecule has 0 bridgehead atoms. The Labute approximate surface area is 121 Å². The van der Waals surface area contributed by atoms with E-state index in [1.54, 1.807) is 6.33 Å². The monoisotopic (exact) mass is 271 g/mol. The van der Waals surface area contributed by atoms with E-state index in [1.807, 2.05) is 18.2 Å². The van der Waals surface area contributed by atoms with Gasteiger partial charge in [-0.15, -0.1) is 0 Å². The van der Waals surface area contributed by atoms with E-state index in [4.69, 9.17) is 0 Å². The molecule has 20 heavy (non-hydrogen) atoms. The van der Waals surface area contributed by atoms with E-state index >= 15 is 0 Å². The van der Waals surface area contributed by atoms with Crippen LogP contribution in [0.3, 0.4) is 0 Å². The summed E-state index contributed by atoms with van der Waals surface area (Å²) < 4.78 is 0. The number of para-hydroxylation sites is 1. The van der Waals surface area contributed by atoms with Crippen LogP contribution in [0.1, 0.15) is 51.9 Å². The smallest absolute Gasteiger partial charge is 0.137 e. The second kappa shape index (κ2) is 8.51. The van der Waals surface area contributed by atoms with Crippen molar-refractivity contribution in [2.75, 3.05) is 11.9 Å². The average molecular weight is 271 g/mol. The third-order valence-electron chi connectivity index (χ3n) is 3.62. The van der Waals surface area contributed by atoms with Gasteiger partial charge in [-0.1, -0.05) is 57.6 Å². The second-order valence-electron chi connectivity index (χ2n) is 5.29. The Balaban J connectivity index is 1.71. The number of aromatic nitrogens is 2. The first-order valence-corrected chi connectivity index (χ1v) is 7.85. The first kappa shape index (κ1) is 14.8. The van der Waals surface area contributed by atoms with Crippen molar-refractivity contribution >= 4 is 16.7 Å². The summed E-state index contributed by atoms with van der Waals surface area (Å²) in [5.74, 6) is 0.960. The van der Waals surface area contributed by atoms with E-state index in [1.165, 1.54) is 44.9 Å². The van der Waals surface area contributed by atoms with Gasteiger partial charge in [-0.25, -0.2) is 9.97 Å². The summed E-state index contributed by atoms with van der Waals surface area (Å²) in [7, 11) is 0. The predicted molar refractivity (Wildman–Crippen MR) is 86.0 cm³/mol. The van der Waals surface area contributed by atoms with Crippen LogP contribution in [0.2, 0.25) is 0 Å². The summed E-state index contributed by atoms with van der Waals surface area (Å²) in [6, 6.07) is 8.14. The topological polar surface area (TPSA) is 37.8 Å². The molecule has 1 N–H and O–H groups in total. The first-order valence-electron chi connectivity index (χ1n) is 7.85. The molecule has 0 atom stereocenters. The Bertz CT molecular complexity index is 505. The zero-order valence-corrected chi connectivity index (χ0v) is 12.4. The highest BCUT2D eigenvalue weighted by molar-refractivity contribution is 5.88. The Morgan fingerprint density at radius 2 is 1.65 bits per heavy atom. The van der Waals surface area contributed by atoms with Gasteiger partial charge in [-0.2, -0.15) is 0 Å². The van der Waals surface area contributed by atoms with Gasteiger partial charge in [0.15, 0.2) is 0 Å². The maximum atomic E-state index is 4.34. The minimum Gasteiger partial charge on any atom is -0.369 e. The number of nitrogens with one attached hydrogen (secondary N) is 1. The molecule has 0 unspecified atom stereocenters. The van der Waals surface area contributed by atoms with E-state index in [0.717, 1.165) is 23.3 Å². The average Bonchev–Trinajstić information content (AvgIpc) is 2.50. The molecule has 0 aliphatic heterocycles. The minimum absolute atomic E-state index is 0.960. The normalized spacial score (nSPS) is 10.8. The van der Waals surface area contributed by atoms with Crippen molar-refractivity contribution in [2.45, 2.75) is 51.9 Å². The Kier molecular flexibility index (Phi) is 6.28. The van der Waals surface area contributed by atoms with Crippen LogP contribution in [0.15, 0.2) is 30.6 Å². The third-order valence-corrected chi connectivity index (χ3v) is 3.62. The van der Waals surface area contributed by atoms with Crippen LogP contribution in [0.25, 0.3) is 10.9 Å². The number of hydrogen-bond donors (Lipinski definition) is 1. The molecule has 3 heteroatoms. The number of unbranched alkanes of at least 4 members (excludes halogenated alkanes) is 6. The second-order valence-corrected chi connectivity index (χ2v) is 5.29. The number of benzene rings is 1.